The summed E-state index contributed by atoms with van der Waals surface area (Å²) in [5, 5.41) is 3.53. The van der Waals surface area contributed by atoms with Crippen LogP contribution in [-0.4, -0.2) is 19.7 Å². The maximum absolute atomic E-state index is 11.5. The summed E-state index contributed by atoms with van der Waals surface area (Å²) in [5.41, 5.74) is 3.48. The van der Waals surface area contributed by atoms with Crippen molar-refractivity contribution in [3.05, 3.63) is 71.8 Å². The lowest BCUT2D eigenvalue weighted by Crippen LogP contribution is -2.10. The molecule has 0 saturated carbocycles. The number of esters is 1. The molecule has 0 aliphatic carbocycles. The van der Waals surface area contributed by atoms with Crippen LogP contribution in [0.1, 0.15) is 37.4 Å². The highest BCUT2D eigenvalue weighted by atomic mass is 16.5. The predicted molar refractivity (Wildman–Crippen MR) is 106 cm³/mol. The number of nitrogens with one attached hydrogen (secondary N) is 1. The van der Waals surface area contributed by atoms with Crippen LogP contribution in [0.25, 0.3) is 0 Å². The number of benzene rings is 2. The van der Waals surface area contributed by atoms with Gasteiger partial charge >= 0.3 is 5.97 Å². The van der Waals surface area contributed by atoms with Crippen LogP contribution < -0.4 is 10.1 Å². The van der Waals surface area contributed by atoms with Crippen LogP contribution in [-0.2, 0) is 16.0 Å². The van der Waals surface area contributed by atoms with Gasteiger partial charge in [0.15, 0.2) is 0 Å². The Bertz CT molecular complexity index is 705. The van der Waals surface area contributed by atoms with Crippen LogP contribution in [0, 0.1) is 0 Å². The van der Waals surface area contributed by atoms with Crippen LogP contribution in [0.3, 0.4) is 0 Å². The van der Waals surface area contributed by atoms with Gasteiger partial charge in [-0.1, -0.05) is 37.3 Å². The number of carbonyl (C=O) groups is 1. The molecule has 0 aliphatic rings. The minimum atomic E-state index is -0.308. The number of aryl methyl sites for hydroxylation is 1. The molecule has 1 N–H and O–H groups in total. The van der Waals surface area contributed by atoms with Gasteiger partial charge in [-0.3, -0.25) is 0 Å². The number of hydrogen-bond acceptors (Lipinski definition) is 4. The fourth-order valence-electron chi connectivity index (χ4n) is 2.64. The van der Waals surface area contributed by atoms with Crippen molar-refractivity contribution < 1.29 is 14.3 Å². The van der Waals surface area contributed by atoms with Crippen molar-refractivity contribution in [2.24, 2.45) is 0 Å². The first-order valence-electron chi connectivity index (χ1n) is 8.99. The number of methoxy groups -OCH3 is 1. The maximum atomic E-state index is 11.5. The molecule has 0 amide bonds. The lowest BCUT2D eigenvalue weighted by Gasteiger charge is -2.20. The highest BCUT2D eigenvalue weighted by molar-refractivity contribution is 5.81. The minimum absolute atomic E-state index is 0.0555. The molecule has 1 atom stereocenters. The second-order valence-electron chi connectivity index (χ2n) is 5.91. The van der Waals surface area contributed by atoms with E-state index in [-0.39, 0.29) is 12.0 Å². The molecule has 2 aromatic rings. The van der Waals surface area contributed by atoms with E-state index in [1.165, 1.54) is 17.2 Å². The van der Waals surface area contributed by atoms with Crippen molar-refractivity contribution in [2.75, 3.05) is 19.0 Å². The van der Waals surface area contributed by atoms with Gasteiger partial charge < -0.3 is 14.8 Å². The van der Waals surface area contributed by atoms with Crippen LogP contribution in [0.15, 0.2) is 60.7 Å². The Hall–Kier alpha value is -2.75. The van der Waals surface area contributed by atoms with Crippen molar-refractivity contribution in [1.82, 2.24) is 0 Å². The largest absolute Gasteiger partial charge is 0.497 e. The zero-order valence-corrected chi connectivity index (χ0v) is 15.7. The van der Waals surface area contributed by atoms with Gasteiger partial charge in [-0.15, -0.1) is 0 Å². The van der Waals surface area contributed by atoms with E-state index in [1.54, 1.807) is 14.0 Å². The van der Waals surface area contributed by atoms with E-state index in [0.29, 0.717) is 13.0 Å². The van der Waals surface area contributed by atoms with Gasteiger partial charge in [-0.05, 0) is 55.2 Å². The molecule has 0 fully saturated rings. The summed E-state index contributed by atoms with van der Waals surface area (Å²) in [6.07, 6.45) is 5.04. The molecule has 4 nitrogen and oxygen atoms in total. The lowest BCUT2D eigenvalue weighted by atomic mass is 10.0. The van der Waals surface area contributed by atoms with Gasteiger partial charge in [0.05, 0.1) is 19.8 Å². The summed E-state index contributed by atoms with van der Waals surface area (Å²) >= 11 is 0. The van der Waals surface area contributed by atoms with Crippen molar-refractivity contribution in [2.45, 2.75) is 32.7 Å². The van der Waals surface area contributed by atoms with Crippen LogP contribution >= 0.6 is 0 Å². The molecule has 0 spiro atoms. The van der Waals surface area contributed by atoms with E-state index < -0.39 is 0 Å². The molecule has 0 heterocycles. The molecule has 4 heteroatoms. The van der Waals surface area contributed by atoms with Gasteiger partial charge in [0, 0.05) is 11.8 Å². The highest BCUT2D eigenvalue weighted by Gasteiger charge is 2.10. The van der Waals surface area contributed by atoms with E-state index >= 15 is 0 Å². The second-order valence-corrected chi connectivity index (χ2v) is 5.91. The van der Waals surface area contributed by atoms with Gasteiger partial charge in [0.25, 0.3) is 0 Å². The van der Waals surface area contributed by atoms with E-state index in [4.69, 9.17) is 9.47 Å². The Morgan fingerprint density at radius 2 is 1.77 bits per heavy atom. The number of rotatable bonds is 9. The summed E-state index contributed by atoms with van der Waals surface area (Å²) in [6, 6.07) is 16.4. The smallest absolute Gasteiger partial charge is 0.330 e. The van der Waals surface area contributed by atoms with Crippen LogP contribution in [0.5, 0.6) is 5.75 Å². The topological polar surface area (TPSA) is 47.6 Å². The summed E-state index contributed by atoms with van der Waals surface area (Å²) in [7, 11) is 1.65. The Balaban J connectivity index is 2.14. The summed E-state index contributed by atoms with van der Waals surface area (Å²) in [4.78, 5) is 11.5. The zero-order valence-electron chi connectivity index (χ0n) is 15.7. The Kier molecular flexibility index (Phi) is 7.75. The number of ether oxygens (including phenoxy) is 2. The third kappa shape index (κ3) is 5.96. The van der Waals surface area contributed by atoms with Crippen molar-refractivity contribution >= 4 is 11.7 Å². The maximum Gasteiger partial charge on any atom is 0.330 e. The summed E-state index contributed by atoms with van der Waals surface area (Å²) in [5.74, 6) is 0.513. The molecule has 0 radical (unpaired) electrons. The molecule has 0 unspecified atom stereocenters. The molecular formula is C22H27NO3. The van der Waals surface area contributed by atoms with Gasteiger partial charge in [-0.2, -0.15) is 0 Å². The molecule has 2 rings (SSSR count). The molecule has 0 aromatic heterocycles. The third-order valence-corrected chi connectivity index (χ3v) is 4.13. The standard InChI is InChI=1S/C22H27NO3/c1-4-17-9-11-18(12-10-17)21(7-6-8-22(24)26-5-2)23-19-13-15-20(25-3)16-14-19/h6,8-16,21,23H,4-5,7H2,1-3H3/b8-6+/t21-/m0/s1. The van der Waals surface area contributed by atoms with Gasteiger partial charge in [0.1, 0.15) is 5.75 Å². The fraction of sp³-hybridized carbons (Fsp3) is 0.318. The zero-order chi connectivity index (χ0) is 18.8. The summed E-state index contributed by atoms with van der Waals surface area (Å²) < 4.78 is 10.2. The SMILES string of the molecule is CCOC(=O)/C=C/C[C@H](Nc1ccc(OC)cc1)c1ccc(CC)cc1. The van der Waals surface area contributed by atoms with Crippen LogP contribution in [0.4, 0.5) is 5.69 Å². The molecule has 138 valence electrons. The molecule has 0 saturated heterocycles. The monoisotopic (exact) mass is 353 g/mol. The summed E-state index contributed by atoms with van der Waals surface area (Å²) in [6.45, 7) is 4.33. The first kappa shape index (κ1) is 19.6. The number of anilines is 1. The quantitative estimate of drug-likeness (QED) is 0.513. The number of hydrogen-bond donors (Lipinski definition) is 1. The molecule has 26 heavy (non-hydrogen) atoms. The van der Waals surface area contributed by atoms with E-state index in [9.17, 15) is 4.79 Å². The minimum Gasteiger partial charge on any atom is -0.497 e. The van der Waals surface area contributed by atoms with Crippen molar-refractivity contribution in [3.8, 4) is 5.75 Å². The third-order valence-electron chi connectivity index (χ3n) is 4.13. The molecular weight excluding hydrogens is 326 g/mol. The van der Waals surface area contributed by atoms with E-state index in [0.717, 1.165) is 17.9 Å². The second kappa shape index (κ2) is 10.3. The lowest BCUT2D eigenvalue weighted by molar-refractivity contribution is -0.137. The Morgan fingerprint density at radius 1 is 1.08 bits per heavy atom. The average Bonchev–Trinajstić information content (AvgIpc) is 2.68. The first-order chi connectivity index (χ1) is 12.7. The molecule has 0 bridgehead atoms. The highest BCUT2D eigenvalue weighted by Crippen LogP contribution is 2.25. The normalized spacial score (nSPS) is 12.0. The van der Waals surface area contributed by atoms with Gasteiger partial charge in [-0.25, -0.2) is 4.79 Å². The Morgan fingerprint density at radius 3 is 2.35 bits per heavy atom. The van der Waals surface area contributed by atoms with Crippen molar-refractivity contribution in [3.63, 3.8) is 0 Å². The first-order valence-corrected chi connectivity index (χ1v) is 8.99. The van der Waals surface area contributed by atoms with E-state index in [2.05, 4.69) is 36.5 Å². The van der Waals surface area contributed by atoms with Crippen LogP contribution in [0.2, 0.25) is 0 Å². The molecule has 2 aromatic carbocycles. The van der Waals surface area contributed by atoms with E-state index in [1.807, 2.05) is 30.3 Å². The predicted octanol–water partition coefficient (Wildman–Crippen LogP) is 4.92. The van der Waals surface area contributed by atoms with Crippen molar-refractivity contribution in [1.29, 1.82) is 0 Å². The average molecular weight is 353 g/mol. The Labute approximate surface area is 155 Å². The fourth-order valence-corrected chi connectivity index (χ4v) is 2.64. The number of carbonyl (C=O) groups excluding carboxylic acids is 1. The van der Waals surface area contributed by atoms with Gasteiger partial charge in [0.2, 0.25) is 0 Å². The molecule has 0 aliphatic heterocycles.